The number of carbonyl (C=O) groups excluding carboxylic acids is 2. The Labute approximate surface area is 124 Å². The van der Waals surface area contributed by atoms with Gasteiger partial charge in [-0.2, -0.15) is 0 Å². The number of nitrogens with zero attached hydrogens (tertiary/aromatic N) is 2. The number of piperidine rings is 1. The summed E-state index contributed by atoms with van der Waals surface area (Å²) in [5.41, 5.74) is 0. The van der Waals surface area contributed by atoms with Crippen LogP contribution in [0.1, 0.15) is 37.6 Å². The van der Waals surface area contributed by atoms with Crippen molar-refractivity contribution in [2.75, 3.05) is 20.1 Å². The van der Waals surface area contributed by atoms with Crippen molar-refractivity contribution >= 4 is 23.2 Å². The Kier molecular flexibility index (Phi) is 4.81. The van der Waals surface area contributed by atoms with Crippen LogP contribution in [0.2, 0.25) is 0 Å². The molecule has 0 aromatic carbocycles. The smallest absolute Gasteiger partial charge is 0.228 e. The molecule has 0 N–H and O–H groups in total. The topological polar surface area (TPSA) is 40.6 Å². The van der Waals surface area contributed by atoms with Crippen LogP contribution in [-0.4, -0.2) is 41.8 Å². The fraction of sp³-hybridized carbons (Fsp3) is 0.600. The second kappa shape index (κ2) is 6.39. The Morgan fingerprint density at radius 1 is 1.45 bits per heavy atom. The van der Waals surface area contributed by atoms with Crippen molar-refractivity contribution in [3.8, 4) is 0 Å². The lowest BCUT2D eigenvalue weighted by Gasteiger charge is -2.39. The summed E-state index contributed by atoms with van der Waals surface area (Å²) in [6, 6.07) is 3.89. The minimum absolute atomic E-state index is 0.107. The number of carbonyl (C=O) groups is 2. The van der Waals surface area contributed by atoms with Gasteiger partial charge in [0.05, 0.1) is 12.0 Å². The van der Waals surface area contributed by atoms with Crippen LogP contribution in [0.5, 0.6) is 0 Å². The molecule has 0 radical (unpaired) electrons. The summed E-state index contributed by atoms with van der Waals surface area (Å²) in [7, 11) is 1.81. The highest BCUT2D eigenvalue weighted by Crippen LogP contribution is 2.38. The molecule has 0 unspecified atom stereocenters. The molecule has 1 aliphatic rings. The molecular weight excluding hydrogens is 272 g/mol. The molecule has 0 aliphatic carbocycles. The molecule has 110 valence electrons. The Bertz CT molecular complexity index is 468. The lowest BCUT2D eigenvalue weighted by molar-refractivity contribution is -0.146. The lowest BCUT2D eigenvalue weighted by atomic mass is 9.86. The Balaban J connectivity index is 2.29. The van der Waals surface area contributed by atoms with Gasteiger partial charge in [-0.25, -0.2) is 0 Å². The molecule has 2 heterocycles. The van der Waals surface area contributed by atoms with Gasteiger partial charge in [-0.3, -0.25) is 9.59 Å². The molecule has 1 saturated heterocycles. The van der Waals surface area contributed by atoms with Gasteiger partial charge in [0, 0.05) is 31.4 Å². The van der Waals surface area contributed by atoms with Crippen molar-refractivity contribution in [1.29, 1.82) is 0 Å². The highest BCUT2D eigenvalue weighted by Gasteiger charge is 2.40. The fourth-order valence-electron chi connectivity index (χ4n) is 2.92. The number of rotatable bonds is 4. The third-order valence-corrected chi connectivity index (χ3v) is 5.03. The second-order valence-corrected chi connectivity index (χ2v) is 6.10. The van der Waals surface area contributed by atoms with Crippen LogP contribution in [0.25, 0.3) is 0 Å². The van der Waals surface area contributed by atoms with Crippen molar-refractivity contribution in [2.24, 2.45) is 5.92 Å². The van der Waals surface area contributed by atoms with Crippen LogP contribution in [0.15, 0.2) is 17.5 Å². The summed E-state index contributed by atoms with van der Waals surface area (Å²) in [4.78, 5) is 29.4. The van der Waals surface area contributed by atoms with Crippen molar-refractivity contribution < 1.29 is 9.59 Å². The number of amides is 2. The second-order valence-electron chi connectivity index (χ2n) is 5.12. The number of hydrogen-bond acceptors (Lipinski definition) is 3. The zero-order chi connectivity index (χ0) is 14.7. The molecule has 2 rings (SSSR count). The molecule has 0 bridgehead atoms. The first-order valence-corrected chi connectivity index (χ1v) is 8.05. The average Bonchev–Trinajstić information content (AvgIpc) is 2.96. The van der Waals surface area contributed by atoms with Gasteiger partial charge in [-0.05, 0) is 31.7 Å². The Morgan fingerprint density at radius 3 is 2.70 bits per heavy atom. The monoisotopic (exact) mass is 294 g/mol. The summed E-state index contributed by atoms with van der Waals surface area (Å²) in [6.45, 7) is 5.44. The third-order valence-electron chi connectivity index (χ3n) is 4.09. The zero-order valence-corrected chi connectivity index (χ0v) is 13.2. The van der Waals surface area contributed by atoms with Crippen molar-refractivity contribution in [3.63, 3.8) is 0 Å². The van der Waals surface area contributed by atoms with Gasteiger partial charge in [-0.15, -0.1) is 11.3 Å². The third kappa shape index (κ3) is 2.73. The van der Waals surface area contributed by atoms with E-state index >= 15 is 0 Å². The molecule has 1 aromatic rings. The first-order valence-electron chi connectivity index (χ1n) is 7.18. The maximum Gasteiger partial charge on any atom is 0.228 e. The predicted octanol–water partition coefficient (Wildman–Crippen LogP) is 2.53. The lowest BCUT2D eigenvalue weighted by Crippen LogP contribution is -2.47. The molecule has 5 heteroatoms. The Morgan fingerprint density at radius 2 is 2.15 bits per heavy atom. The predicted molar refractivity (Wildman–Crippen MR) is 80.5 cm³/mol. The fourth-order valence-corrected chi connectivity index (χ4v) is 3.85. The summed E-state index contributed by atoms with van der Waals surface area (Å²) in [5.74, 6) is 0.191. The van der Waals surface area contributed by atoms with Crippen molar-refractivity contribution in [3.05, 3.63) is 22.4 Å². The van der Waals surface area contributed by atoms with Crippen molar-refractivity contribution in [2.45, 2.75) is 32.7 Å². The average molecular weight is 294 g/mol. The summed E-state index contributed by atoms with van der Waals surface area (Å²) < 4.78 is 0. The molecule has 1 aliphatic heterocycles. The maximum absolute atomic E-state index is 12.7. The van der Waals surface area contributed by atoms with Gasteiger partial charge in [0.25, 0.3) is 0 Å². The van der Waals surface area contributed by atoms with E-state index in [1.54, 1.807) is 16.2 Å². The minimum atomic E-state index is -0.115. The molecule has 2 amide bonds. The van der Waals surface area contributed by atoms with E-state index in [4.69, 9.17) is 0 Å². The normalized spacial score (nSPS) is 22.9. The molecule has 2 atom stereocenters. The van der Waals surface area contributed by atoms with E-state index in [9.17, 15) is 9.59 Å². The summed E-state index contributed by atoms with van der Waals surface area (Å²) >= 11 is 1.62. The summed E-state index contributed by atoms with van der Waals surface area (Å²) in [5, 5.41) is 2.00. The molecule has 0 spiro atoms. The Hall–Kier alpha value is -1.36. The van der Waals surface area contributed by atoms with Gasteiger partial charge in [0.1, 0.15) is 0 Å². The van der Waals surface area contributed by atoms with Gasteiger partial charge >= 0.3 is 0 Å². The SMILES string of the molecule is CCN(CC)C(=O)[C@H]1CCC(=O)N(C)[C@@H]1c1cccs1. The number of hydrogen-bond donors (Lipinski definition) is 0. The standard InChI is InChI=1S/C15H22N2O2S/c1-4-17(5-2)15(19)11-8-9-13(18)16(3)14(11)12-7-6-10-20-12/h6-7,10-11,14H,4-5,8-9H2,1-3H3/t11-,14-/m0/s1. The highest BCUT2D eigenvalue weighted by atomic mass is 32.1. The largest absolute Gasteiger partial charge is 0.343 e. The minimum Gasteiger partial charge on any atom is -0.343 e. The first-order chi connectivity index (χ1) is 9.60. The summed E-state index contributed by atoms with van der Waals surface area (Å²) in [6.07, 6.45) is 1.12. The van der Waals surface area contributed by atoms with E-state index in [0.29, 0.717) is 12.8 Å². The van der Waals surface area contributed by atoms with Gasteiger partial charge in [0.2, 0.25) is 11.8 Å². The quantitative estimate of drug-likeness (QED) is 0.856. The van der Waals surface area contributed by atoms with Crippen LogP contribution in [0.3, 0.4) is 0 Å². The zero-order valence-electron chi connectivity index (χ0n) is 12.3. The molecule has 4 nitrogen and oxygen atoms in total. The van der Waals surface area contributed by atoms with Gasteiger partial charge in [-0.1, -0.05) is 6.07 Å². The molecule has 1 fully saturated rings. The number of thiophene rings is 1. The van der Waals surface area contributed by atoms with E-state index in [0.717, 1.165) is 18.0 Å². The van der Waals surface area contributed by atoms with Crippen LogP contribution in [0.4, 0.5) is 0 Å². The van der Waals surface area contributed by atoms with E-state index in [1.807, 2.05) is 43.3 Å². The van der Waals surface area contributed by atoms with Crippen LogP contribution < -0.4 is 0 Å². The van der Waals surface area contributed by atoms with E-state index in [2.05, 4.69) is 0 Å². The van der Waals surface area contributed by atoms with Crippen LogP contribution >= 0.6 is 11.3 Å². The van der Waals surface area contributed by atoms with E-state index in [-0.39, 0.29) is 23.8 Å². The van der Waals surface area contributed by atoms with E-state index < -0.39 is 0 Å². The maximum atomic E-state index is 12.7. The highest BCUT2D eigenvalue weighted by molar-refractivity contribution is 7.10. The molecule has 0 saturated carbocycles. The number of likely N-dealkylation sites (tertiary alicyclic amines) is 1. The first kappa shape index (κ1) is 15.0. The van der Waals surface area contributed by atoms with E-state index in [1.165, 1.54) is 0 Å². The molecule has 1 aromatic heterocycles. The molecular formula is C15H22N2O2S. The van der Waals surface area contributed by atoms with Crippen LogP contribution in [-0.2, 0) is 9.59 Å². The van der Waals surface area contributed by atoms with Gasteiger partial charge in [0.15, 0.2) is 0 Å². The van der Waals surface area contributed by atoms with Gasteiger partial charge < -0.3 is 9.80 Å². The molecule has 20 heavy (non-hydrogen) atoms. The van der Waals surface area contributed by atoms with Crippen molar-refractivity contribution in [1.82, 2.24) is 9.80 Å². The van der Waals surface area contributed by atoms with Crippen LogP contribution in [0, 0.1) is 5.92 Å².